The molecule has 0 saturated heterocycles. The van der Waals surface area contributed by atoms with Crippen LogP contribution in [0.5, 0.6) is 0 Å². The van der Waals surface area contributed by atoms with Crippen molar-refractivity contribution in [2.24, 2.45) is 0 Å². The van der Waals surface area contributed by atoms with Crippen LogP contribution in [0, 0.1) is 0 Å². The van der Waals surface area contributed by atoms with Gasteiger partial charge in [-0.15, -0.1) is 0 Å². The topological polar surface area (TPSA) is 29.1 Å². The summed E-state index contributed by atoms with van der Waals surface area (Å²) in [7, 11) is 0. The molecule has 0 fully saturated rings. The molecule has 1 heterocycles. The van der Waals surface area contributed by atoms with E-state index in [9.17, 15) is 4.79 Å². The minimum atomic E-state index is -0.144. The first-order valence-electron chi connectivity index (χ1n) is 5.93. The number of hydrogen-bond acceptors (Lipinski definition) is 1. The highest BCUT2D eigenvalue weighted by Crippen LogP contribution is 2.40. The van der Waals surface area contributed by atoms with E-state index in [-0.39, 0.29) is 5.91 Å². The number of amides is 1. The Kier molecular flexibility index (Phi) is 4.14. The van der Waals surface area contributed by atoms with Crippen LogP contribution in [-0.2, 0) is 4.79 Å². The van der Waals surface area contributed by atoms with Crippen LogP contribution >= 0.6 is 55.1 Å². The van der Waals surface area contributed by atoms with E-state index in [2.05, 4.69) is 37.2 Å². The van der Waals surface area contributed by atoms with E-state index in [1.165, 1.54) is 0 Å². The van der Waals surface area contributed by atoms with Crippen LogP contribution in [-0.4, -0.2) is 5.91 Å². The van der Waals surface area contributed by atoms with Crippen molar-refractivity contribution >= 4 is 78.3 Å². The summed E-state index contributed by atoms with van der Waals surface area (Å²) in [6.45, 7) is 0. The molecule has 1 amide bonds. The molecule has 0 radical (unpaired) electrons. The lowest BCUT2D eigenvalue weighted by atomic mass is 10.0. The maximum Gasteiger partial charge on any atom is 0.256 e. The summed E-state index contributed by atoms with van der Waals surface area (Å²) in [6, 6.07) is 9.05. The molecule has 1 aliphatic rings. The Morgan fingerprint density at radius 1 is 1.05 bits per heavy atom. The molecular weight excluding hydrogens is 441 g/mol. The van der Waals surface area contributed by atoms with Crippen LogP contribution in [0.25, 0.3) is 11.6 Å². The molecule has 0 atom stereocenters. The second-order valence-corrected chi connectivity index (χ2v) is 7.08. The molecule has 21 heavy (non-hydrogen) atoms. The van der Waals surface area contributed by atoms with Gasteiger partial charge in [0.05, 0.1) is 15.7 Å². The smallest absolute Gasteiger partial charge is 0.256 e. The normalized spacial score (nSPS) is 15.2. The van der Waals surface area contributed by atoms with E-state index in [1.807, 2.05) is 18.2 Å². The number of fused-ring (bicyclic) bond motifs is 1. The Labute approximate surface area is 148 Å². The minimum Gasteiger partial charge on any atom is -0.320 e. The van der Waals surface area contributed by atoms with Crippen LogP contribution in [0.1, 0.15) is 11.1 Å². The molecule has 106 valence electrons. The maximum atomic E-state index is 12.2. The first-order chi connectivity index (χ1) is 9.95. The molecule has 0 spiro atoms. The van der Waals surface area contributed by atoms with Gasteiger partial charge in [0, 0.05) is 20.1 Å². The summed E-state index contributed by atoms with van der Waals surface area (Å²) in [5, 5.41) is 3.80. The average molecular weight is 448 g/mol. The number of benzene rings is 2. The molecule has 2 aromatic rings. The summed E-state index contributed by atoms with van der Waals surface area (Å²) < 4.78 is 1.72. The van der Waals surface area contributed by atoms with Crippen LogP contribution in [0.15, 0.2) is 39.3 Å². The predicted octanol–water partition coefficient (Wildman–Crippen LogP) is 6.01. The number of carbonyl (C=O) groups excluding carboxylic acids is 1. The summed E-state index contributed by atoms with van der Waals surface area (Å²) >= 11 is 18.8. The lowest BCUT2D eigenvalue weighted by Gasteiger charge is -2.03. The van der Waals surface area contributed by atoms with Gasteiger partial charge >= 0.3 is 0 Å². The Bertz CT molecular complexity index is 803. The Morgan fingerprint density at radius 3 is 2.52 bits per heavy atom. The Morgan fingerprint density at radius 2 is 1.81 bits per heavy atom. The fraction of sp³-hybridized carbons (Fsp3) is 0. The lowest BCUT2D eigenvalue weighted by Crippen LogP contribution is -2.03. The van der Waals surface area contributed by atoms with Crippen molar-refractivity contribution in [2.75, 3.05) is 5.32 Å². The molecule has 0 aliphatic carbocycles. The zero-order valence-corrected chi connectivity index (χ0v) is 15.1. The van der Waals surface area contributed by atoms with Gasteiger partial charge in [-0.1, -0.05) is 45.2 Å². The van der Waals surface area contributed by atoms with Crippen LogP contribution < -0.4 is 5.32 Å². The van der Waals surface area contributed by atoms with E-state index < -0.39 is 0 Å². The number of anilines is 1. The molecule has 0 saturated carbocycles. The molecule has 3 rings (SSSR count). The van der Waals surface area contributed by atoms with Crippen molar-refractivity contribution in [2.45, 2.75) is 0 Å². The molecule has 6 heteroatoms. The van der Waals surface area contributed by atoms with Crippen LogP contribution in [0.3, 0.4) is 0 Å². The summed E-state index contributed by atoms with van der Waals surface area (Å²) in [5.74, 6) is -0.144. The van der Waals surface area contributed by atoms with Gasteiger partial charge in [0.1, 0.15) is 0 Å². The summed E-state index contributed by atoms with van der Waals surface area (Å²) in [6.07, 6.45) is 1.79. The number of rotatable bonds is 1. The van der Waals surface area contributed by atoms with Gasteiger partial charge in [-0.25, -0.2) is 0 Å². The quantitative estimate of drug-likeness (QED) is 0.533. The highest BCUT2D eigenvalue weighted by Gasteiger charge is 2.26. The fourth-order valence-electron chi connectivity index (χ4n) is 2.13. The molecule has 1 N–H and O–H groups in total. The van der Waals surface area contributed by atoms with Crippen LogP contribution in [0.2, 0.25) is 10.0 Å². The first-order valence-corrected chi connectivity index (χ1v) is 8.27. The van der Waals surface area contributed by atoms with Crippen molar-refractivity contribution in [1.29, 1.82) is 0 Å². The lowest BCUT2D eigenvalue weighted by molar-refractivity contribution is -0.110. The van der Waals surface area contributed by atoms with Gasteiger partial charge in [0.2, 0.25) is 0 Å². The SMILES string of the molecule is O=C1Nc2c(Br)cc(Br)cc2C1=Cc1ccc(Cl)c(Cl)c1. The van der Waals surface area contributed by atoms with E-state index in [0.717, 1.165) is 25.8 Å². The standard InChI is InChI=1S/C15H7Br2Cl2NO/c16-8-5-9-10(15(21)20-14(9)11(17)6-8)3-7-1-2-12(18)13(19)4-7/h1-6H,(H,20,21). The first kappa shape index (κ1) is 15.1. The zero-order chi connectivity index (χ0) is 15.1. The molecule has 1 aliphatic heterocycles. The molecule has 2 nitrogen and oxygen atoms in total. The third-order valence-corrected chi connectivity index (χ3v) is 4.91. The molecular formula is C15H7Br2Cl2NO. The largest absolute Gasteiger partial charge is 0.320 e. The van der Waals surface area contributed by atoms with Gasteiger partial charge in [-0.05, 0) is 51.8 Å². The van der Waals surface area contributed by atoms with Crippen LogP contribution in [0.4, 0.5) is 5.69 Å². The van der Waals surface area contributed by atoms with Gasteiger partial charge < -0.3 is 5.32 Å². The predicted molar refractivity (Wildman–Crippen MR) is 94.8 cm³/mol. The van der Waals surface area contributed by atoms with Gasteiger partial charge in [0.15, 0.2) is 0 Å². The number of carbonyl (C=O) groups is 1. The van der Waals surface area contributed by atoms with Crippen molar-refractivity contribution in [3.8, 4) is 0 Å². The third kappa shape index (κ3) is 2.90. The number of halogens is 4. The summed E-state index contributed by atoms with van der Waals surface area (Å²) in [4.78, 5) is 12.2. The van der Waals surface area contributed by atoms with E-state index >= 15 is 0 Å². The van der Waals surface area contributed by atoms with E-state index in [4.69, 9.17) is 23.2 Å². The maximum absolute atomic E-state index is 12.2. The van der Waals surface area contributed by atoms with Crippen molar-refractivity contribution < 1.29 is 4.79 Å². The molecule has 0 aromatic heterocycles. The highest BCUT2D eigenvalue weighted by atomic mass is 79.9. The van der Waals surface area contributed by atoms with Gasteiger partial charge in [0.25, 0.3) is 5.91 Å². The van der Waals surface area contributed by atoms with Crippen molar-refractivity contribution in [3.05, 3.63) is 60.4 Å². The second kappa shape index (κ2) is 5.76. The van der Waals surface area contributed by atoms with E-state index in [0.29, 0.717) is 15.6 Å². The van der Waals surface area contributed by atoms with Gasteiger partial charge in [-0.3, -0.25) is 4.79 Å². The molecule has 0 bridgehead atoms. The number of nitrogens with one attached hydrogen (secondary N) is 1. The Balaban J connectivity index is 2.14. The van der Waals surface area contributed by atoms with Crippen molar-refractivity contribution in [3.63, 3.8) is 0 Å². The monoisotopic (exact) mass is 445 g/mol. The fourth-order valence-corrected chi connectivity index (χ4v) is 3.76. The van der Waals surface area contributed by atoms with Gasteiger partial charge in [-0.2, -0.15) is 0 Å². The number of hydrogen-bond donors (Lipinski definition) is 1. The molecule has 2 aromatic carbocycles. The Hall–Kier alpha value is -0.810. The third-order valence-electron chi connectivity index (χ3n) is 3.08. The summed E-state index contributed by atoms with van der Waals surface area (Å²) in [5.41, 5.74) is 3.02. The highest BCUT2D eigenvalue weighted by molar-refractivity contribution is 9.11. The van der Waals surface area contributed by atoms with Crippen molar-refractivity contribution in [1.82, 2.24) is 0 Å². The molecule has 0 unspecified atom stereocenters. The zero-order valence-electron chi connectivity index (χ0n) is 10.4. The van der Waals surface area contributed by atoms with E-state index in [1.54, 1.807) is 18.2 Å². The second-order valence-electron chi connectivity index (χ2n) is 4.50. The minimum absolute atomic E-state index is 0.144. The average Bonchev–Trinajstić information content (AvgIpc) is 2.72.